The number of rotatable bonds is 11. The highest BCUT2D eigenvalue weighted by Crippen LogP contribution is 2.30. The van der Waals surface area contributed by atoms with E-state index in [1.807, 2.05) is 47.9 Å². The molecule has 5 rings (SSSR count). The summed E-state index contributed by atoms with van der Waals surface area (Å²) in [6.07, 6.45) is 11.1. The van der Waals surface area contributed by atoms with Crippen LogP contribution in [0.25, 0.3) is 16.9 Å². The Morgan fingerprint density at radius 3 is 2.51 bits per heavy atom. The second-order valence-electron chi connectivity index (χ2n) is 11.3. The Kier molecular flexibility index (Phi) is 9.75. The van der Waals surface area contributed by atoms with Gasteiger partial charge in [0.1, 0.15) is 29.3 Å². The number of carbonyl (C=O) groups is 1. The molecule has 2 fully saturated rings. The van der Waals surface area contributed by atoms with Crippen LogP contribution >= 0.6 is 23.2 Å². The second kappa shape index (κ2) is 13.5. The predicted octanol–water partition coefficient (Wildman–Crippen LogP) is 3.83. The summed E-state index contributed by atoms with van der Waals surface area (Å²) in [7, 11) is 5.52. The molecule has 0 radical (unpaired) electrons. The van der Waals surface area contributed by atoms with E-state index in [0.717, 1.165) is 41.7 Å². The van der Waals surface area contributed by atoms with Gasteiger partial charge in [-0.05, 0) is 31.1 Å². The van der Waals surface area contributed by atoms with E-state index in [0.29, 0.717) is 43.4 Å². The molecule has 3 aromatic rings. The molecule has 3 aromatic heterocycles. The zero-order valence-corrected chi connectivity index (χ0v) is 26.6. The van der Waals surface area contributed by atoms with E-state index in [2.05, 4.69) is 26.7 Å². The average Bonchev–Trinajstić information content (AvgIpc) is 3.69. The smallest absolute Gasteiger partial charge is 0.242 e. The number of imidazole rings is 1. The topological polar surface area (TPSA) is 91.1 Å². The first kappa shape index (κ1) is 31.1. The maximum absolute atomic E-state index is 13.4. The average molecular weight is 630 g/mol. The third-order valence-corrected chi connectivity index (χ3v) is 8.77. The van der Waals surface area contributed by atoms with Gasteiger partial charge in [0.05, 0.1) is 44.7 Å². The lowest BCUT2D eigenvalue weighted by molar-refractivity contribution is -1.07. The molecule has 13 heteroatoms. The highest BCUT2D eigenvalue weighted by Gasteiger charge is 2.31. The molecule has 0 aliphatic carbocycles. The first-order valence-corrected chi connectivity index (χ1v) is 15.4. The molecule has 0 aromatic carbocycles. The standard InChI is InChI=1S/C30H40Cl2N9O2/c1-5-23(31)29(24(32)21-41(2,3)43-4)39-16-14-38(15-17-39)27(42)20-35-30-28(36-26-19-33-10-13-40(26)30)22-8-9-25(34-18-22)37-11-6-7-12-37/h5,8-10,13,18-19,24,35H,1,6-7,11-12,14-17,20-21H2,2-4H3/q+1. The van der Waals surface area contributed by atoms with Crippen molar-refractivity contribution >= 4 is 46.4 Å². The van der Waals surface area contributed by atoms with E-state index in [9.17, 15) is 4.79 Å². The Hall–Kier alpha value is -3.38. The molecule has 1 unspecified atom stereocenters. The molecule has 0 saturated carbocycles. The lowest BCUT2D eigenvalue weighted by Gasteiger charge is -2.39. The van der Waals surface area contributed by atoms with Crippen molar-refractivity contribution in [2.45, 2.75) is 18.2 Å². The molecule has 1 atom stereocenters. The summed E-state index contributed by atoms with van der Waals surface area (Å²) in [5.74, 6) is 1.70. The van der Waals surface area contributed by atoms with Crippen molar-refractivity contribution in [1.82, 2.24) is 29.2 Å². The number of nitrogens with zero attached hydrogens (tertiary/aromatic N) is 8. The van der Waals surface area contributed by atoms with Gasteiger partial charge in [-0.2, -0.15) is 4.65 Å². The summed E-state index contributed by atoms with van der Waals surface area (Å²) in [6.45, 7) is 8.85. The monoisotopic (exact) mass is 628 g/mol. The van der Waals surface area contributed by atoms with Crippen molar-refractivity contribution in [3.8, 4) is 11.3 Å². The van der Waals surface area contributed by atoms with E-state index in [-0.39, 0.29) is 22.5 Å². The number of pyridine rings is 1. The summed E-state index contributed by atoms with van der Waals surface area (Å²) in [4.78, 5) is 38.9. The Balaban J connectivity index is 1.26. The molecule has 1 amide bonds. The number of hydroxylamine groups is 3. The summed E-state index contributed by atoms with van der Waals surface area (Å²) >= 11 is 13.4. The van der Waals surface area contributed by atoms with Gasteiger partial charge >= 0.3 is 0 Å². The number of aromatic nitrogens is 4. The van der Waals surface area contributed by atoms with Gasteiger partial charge in [0.25, 0.3) is 0 Å². The Bertz CT molecular complexity index is 1460. The van der Waals surface area contributed by atoms with Gasteiger partial charge in [0, 0.05) is 63.4 Å². The van der Waals surface area contributed by atoms with Crippen LogP contribution in [0.5, 0.6) is 0 Å². The molecule has 43 heavy (non-hydrogen) atoms. The number of carbonyl (C=O) groups excluding carboxylic acids is 1. The second-order valence-corrected chi connectivity index (χ2v) is 12.2. The minimum atomic E-state index is -0.383. The molecule has 1 N–H and O–H groups in total. The zero-order valence-electron chi connectivity index (χ0n) is 25.0. The van der Waals surface area contributed by atoms with Crippen molar-refractivity contribution < 1.29 is 14.3 Å². The van der Waals surface area contributed by atoms with Crippen molar-refractivity contribution in [2.24, 2.45) is 0 Å². The number of nitrogens with one attached hydrogen (secondary N) is 1. The third kappa shape index (κ3) is 7.06. The molecule has 0 bridgehead atoms. The number of allylic oxidation sites excluding steroid dienone is 2. The van der Waals surface area contributed by atoms with Gasteiger partial charge in [-0.15, -0.1) is 11.6 Å². The van der Waals surface area contributed by atoms with Gasteiger partial charge in [0.15, 0.2) is 5.65 Å². The van der Waals surface area contributed by atoms with Crippen LogP contribution in [-0.4, -0.2) is 119 Å². The molecule has 2 aliphatic rings. The molecule has 2 saturated heterocycles. The Morgan fingerprint density at radius 2 is 1.86 bits per heavy atom. The number of alkyl halides is 1. The summed E-state index contributed by atoms with van der Waals surface area (Å²) < 4.78 is 2.19. The normalized spacial score (nSPS) is 17.3. The SMILES string of the molecule is C=CC(Cl)=C(C(Cl)C[N+](C)(C)OC)N1CCN(C(=O)CNc2c(-c3ccc(N4CCCC4)nc3)nc3cnccn23)CC1. The van der Waals surface area contributed by atoms with E-state index in [1.54, 1.807) is 25.6 Å². The van der Waals surface area contributed by atoms with Crippen molar-refractivity contribution in [3.63, 3.8) is 0 Å². The maximum Gasteiger partial charge on any atom is 0.242 e. The van der Waals surface area contributed by atoms with Crippen LogP contribution in [0.1, 0.15) is 12.8 Å². The molecule has 230 valence electrons. The summed E-state index contributed by atoms with van der Waals surface area (Å²) in [6, 6.07) is 4.08. The van der Waals surface area contributed by atoms with E-state index < -0.39 is 0 Å². The lowest BCUT2D eigenvalue weighted by atomic mass is 10.2. The molecular weight excluding hydrogens is 589 g/mol. The highest BCUT2D eigenvalue weighted by molar-refractivity contribution is 6.32. The fourth-order valence-corrected chi connectivity index (χ4v) is 6.45. The molecule has 5 heterocycles. The lowest BCUT2D eigenvalue weighted by Crippen LogP contribution is -2.52. The summed E-state index contributed by atoms with van der Waals surface area (Å²) in [5, 5.41) is 3.49. The van der Waals surface area contributed by atoms with Gasteiger partial charge in [-0.1, -0.05) is 18.2 Å². The Labute approximate surface area is 262 Å². The van der Waals surface area contributed by atoms with E-state index >= 15 is 0 Å². The van der Waals surface area contributed by atoms with Gasteiger partial charge in [-0.3, -0.25) is 14.2 Å². The highest BCUT2D eigenvalue weighted by atomic mass is 35.5. The van der Waals surface area contributed by atoms with Crippen LogP contribution in [0.15, 0.2) is 60.3 Å². The largest absolute Gasteiger partial charge is 0.369 e. The number of hydrogen-bond donors (Lipinski definition) is 1. The number of anilines is 2. The quantitative estimate of drug-likeness (QED) is 0.148. The number of amides is 1. The minimum absolute atomic E-state index is 0.00272. The molecule has 0 spiro atoms. The summed E-state index contributed by atoms with van der Waals surface area (Å²) in [5.41, 5.74) is 3.10. The van der Waals surface area contributed by atoms with Crippen LogP contribution in [0, 0.1) is 0 Å². The van der Waals surface area contributed by atoms with Crippen LogP contribution in [-0.2, 0) is 9.63 Å². The van der Waals surface area contributed by atoms with Gasteiger partial charge < -0.3 is 20.0 Å². The van der Waals surface area contributed by atoms with E-state index in [4.69, 9.17) is 38.0 Å². The fourth-order valence-electron chi connectivity index (χ4n) is 5.55. The predicted molar refractivity (Wildman–Crippen MR) is 171 cm³/mol. The molecular formula is C30H40Cl2N9O2+. The number of halogens is 2. The number of quaternary nitrogens is 1. The van der Waals surface area contributed by atoms with Crippen LogP contribution < -0.4 is 10.2 Å². The molecule has 11 nitrogen and oxygen atoms in total. The van der Waals surface area contributed by atoms with Crippen LogP contribution in [0.2, 0.25) is 0 Å². The number of hydrogen-bond acceptors (Lipinski definition) is 8. The number of fused-ring (bicyclic) bond motifs is 1. The maximum atomic E-state index is 13.4. The first-order valence-electron chi connectivity index (χ1n) is 14.6. The van der Waals surface area contributed by atoms with Crippen LogP contribution in [0.4, 0.5) is 11.6 Å². The van der Waals surface area contributed by atoms with Crippen LogP contribution in [0.3, 0.4) is 0 Å². The van der Waals surface area contributed by atoms with Gasteiger partial charge in [-0.25, -0.2) is 14.8 Å². The number of piperazine rings is 1. The van der Waals surface area contributed by atoms with Gasteiger partial charge in [0.2, 0.25) is 5.91 Å². The van der Waals surface area contributed by atoms with Crippen molar-refractivity contribution in [1.29, 1.82) is 0 Å². The van der Waals surface area contributed by atoms with Crippen molar-refractivity contribution in [2.75, 3.05) is 83.8 Å². The zero-order chi connectivity index (χ0) is 30.6. The van der Waals surface area contributed by atoms with Crippen molar-refractivity contribution in [3.05, 3.63) is 60.3 Å². The first-order chi connectivity index (χ1) is 20.7. The van der Waals surface area contributed by atoms with E-state index in [1.165, 1.54) is 12.8 Å². The fraction of sp³-hybridized carbons (Fsp3) is 0.467. The minimum Gasteiger partial charge on any atom is -0.369 e. The Morgan fingerprint density at radius 1 is 1.14 bits per heavy atom. The molecule has 2 aliphatic heterocycles. The third-order valence-electron chi connectivity index (χ3n) is 8.08.